The monoisotopic (exact) mass is 605 g/mol. The van der Waals surface area contributed by atoms with Gasteiger partial charge in [-0.1, -0.05) is 27.5 Å². The molecule has 0 aromatic heterocycles. The van der Waals surface area contributed by atoms with Gasteiger partial charge in [0, 0.05) is 53.5 Å². The molecule has 4 rings (SSSR count). The van der Waals surface area contributed by atoms with Crippen LogP contribution in [0, 0.1) is 13.8 Å². The highest BCUT2D eigenvalue weighted by Crippen LogP contribution is 2.26. The van der Waals surface area contributed by atoms with Crippen LogP contribution in [0.25, 0.3) is 0 Å². The van der Waals surface area contributed by atoms with Crippen LogP contribution in [0.2, 0.25) is 5.02 Å². The van der Waals surface area contributed by atoms with E-state index in [-0.39, 0.29) is 10.5 Å². The summed E-state index contributed by atoms with van der Waals surface area (Å²) in [5, 5.41) is 0.780. The average Bonchev–Trinajstić information content (AvgIpc) is 2.88. The zero-order valence-corrected chi connectivity index (χ0v) is 23.9. The maximum Gasteiger partial charge on any atom is 0.264 e. The molecule has 1 aliphatic rings. The average molecular weight is 607 g/mol. The molecule has 1 saturated heterocycles. The van der Waals surface area contributed by atoms with Gasteiger partial charge in [-0.05, 0) is 85.6 Å². The van der Waals surface area contributed by atoms with Gasteiger partial charge in [-0.15, -0.1) is 0 Å². The van der Waals surface area contributed by atoms with E-state index in [2.05, 4.69) is 30.5 Å². The van der Waals surface area contributed by atoms with Gasteiger partial charge in [0.1, 0.15) is 12.4 Å². The minimum atomic E-state index is -3.95. The Labute approximate surface area is 231 Å². The molecule has 37 heavy (non-hydrogen) atoms. The molecule has 196 valence electrons. The molecule has 1 aliphatic heterocycles. The van der Waals surface area contributed by atoms with Gasteiger partial charge in [0.25, 0.3) is 15.9 Å². The molecule has 1 N–H and O–H groups in total. The van der Waals surface area contributed by atoms with Crippen molar-refractivity contribution >= 4 is 49.1 Å². The maximum absolute atomic E-state index is 12.5. The van der Waals surface area contributed by atoms with E-state index in [1.165, 1.54) is 12.1 Å². The number of ether oxygens (including phenoxy) is 1. The van der Waals surface area contributed by atoms with Gasteiger partial charge in [0.15, 0.2) is 0 Å². The minimum absolute atomic E-state index is 0.0299. The van der Waals surface area contributed by atoms with Gasteiger partial charge in [0.05, 0.1) is 4.90 Å². The van der Waals surface area contributed by atoms with Crippen LogP contribution in [0.5, 0.6) is 5.75 Å². The molecule has 3 aromatic rings. The Morgan fingerprint density at radius 3 is 2.16 bits per heavy atom. The number of benzene rings is 3. The lowest BCUT2D eigenvalue weighted by molar-refractivity contribution is 0.0981. The number of hydrogen-bond donors (Lipinski definition) is 1. The number of sulfonamides is 1. The summed E-state index contributed by atoms with van der Waals surface area (Å²) in [5.41, 5.74) is 3.31. The third kappa shape index (κ3) is 7.04. The Hall–Kier alpha value is -2.59. The molecular formula is C27H29BrClN3O4S. The summed E-state index contributed by atoms with van der Waals surface area (Å²) in [4.78, 5) is 17.2. The fraction of sp³-hybridized carbons (Fsp3) is 0.296. The maximum atomic E-state index is 12.5. The van der Waals surface area contributed by atoms with E-state index < -0.39 is 15.9 Å². The minimum Gasteiger partial charge on any atom is -0.492 e. The van der Waals surface area contributed by atoms with Gasteiger partial charge in [-0.3, -0.25) is 9.69 Å². The molecule has 7 nitrogen and oxygen atoms in total. The molecule has 1 amide bonds. The van der Waals surface area contributed by atoms with Crippen molar-refractivity contribution < 1.29 is 17.9 Å². The number of halogens is 2. The van der Waals surface area contributed by atoms with E-state index in [9.17, 15) is 13.2 Å². The number of nitrogens with zero attached hydrogens (tertiary/aromatic N) is 2. The highest BCUT2D eigenvalue weighted by atomic mass is 79.9. The fourth-order valence-electron chi connectivity index (χ4n) is 4.19. The molecule has 0 unspecified atom stereocenters. The smallest absolute Gasteiger partial charge is 0.264 e. The first-order valence-corrected chi connectivity index (χ1v) is 14.6. The van der Waals surface area contributed by atoms with Gasteiger partial charge < -0.3 is 9.64 Å². The van der Waals surface area contributed by atoms with Crippen LogP contribution in [-0.4, -0.2) is 58.6 Å². The van der Waals surface area contributed by atoms with Crippen molar-refractivity contribution in [2.45, 2.75) is 18.7 Å². The first-order chi connectivity index (χ1) is 17.6. The SMILES string of the molecule is Cc1cc(OCCN2CCN(c3ccc(C(=O)NS(=O)(=O)c4ccc(Br)cc4)cc3)CC2)cc(C)c1Cl. The lowest BCUT2D eigenvalue weighted by atomic mass is 10.1. The molecule has 0 aliphatic carbocycles. The standard InChI is InChI=1S/C27H29BrClN3O4S/c1-19-17-24(18-20(2)26(19)29)36-16-15-31-11-13-32(14-12-31)23-7-3-21(4-8-23)27(33)30-37(34,35)25-9-5-22(28)6-10-25/h3-10,17-18H,11-16H2,1-2H3,(H,30,33). The quantitative estimate of drug-likeness (QED) is 0.387. The zero-order chi connectivity index (χ0) is 26.6. The van der Waals surface area contributed by atoms with Crippen LogP contribution < -0.4 is 14.4 Å². The molecule has 0 bridgehead atoms. The molecule has 3 aromatic carbocycles. The van der Waals surface area contributed by atoms with Gasteiger partial charge in [-0.2, -0.15) is 0 Å². The summed E-state index contributed by atoms with van der Waals surface area (Å²) >= 11 is 9.50. The lowest BCUT2D eigenvalue weighted by Gasteiger charge is -2.36. The van der Waals surface area contributed by atoms with Crippen molar-refractivity contribution in [3.63, 3.8) is 0 Å². The number of carbonyl (C=O) groups excluding carboxylic acids is 1. The molecule has 0 radical (unpaired) electrons. The van der Waals surface area contributed by atoms with Crippen LogP contribution in [0.3, 0.4) is 0 Å². The highest BCUT2D eigenvalue weighted by Gasteiger charge is 2.20. The Morgan fingerprint density at radius 1 is 0.973 bits per heavy atom. The summed E-state index contributed by atoms with van der Waals surface area (Å²) in [6.07, 6.45) is 0. The zero-order valence-electron chi connectivity index (χ0n) is 20.7. The predicted molar refractivity (Wildman–Crippen MR) is 150 cm³/mol. The van der Waals surface area contributed by atoms with Crippen molar-refractivity contribution in [1.29, 1.82) is 0 Å². The predicted octanol–water partition coefficient (Wildman–Crippen LogP) is 5.04. The molecule has 1 heterocycles. The van der Waals surface area contributed by atoms with Gasteiger partial charge in [0.2, 0.25) is 0 Å². The number of amides is 1. The van der Waals surface area contributed by atoms with Gasteiger partial charge >= 0.3 is 0 Å². The van der Waals surface area contributed by atoms with Crippen molar-refractivity contribution in [3.05, 3.63) is 86.8 Å². The normalized spacial score (nSPS) is 14.4. The van der Waals surface area contributed by atoms with E-state index in [0.29, 0.717) is 6.61 Å². The third-order valence-corrected chi connectivity index (χ3v) is 8.78. The Morgan fingerprint density at radius 2 is 1.57 bits per heavy atom. The van der Waals surface area contributed by atoms with Crippen molar-refractivity contribution in [2.24, 2.45) is 0 Å². The summed E-state index contributed by atoms with van der Waals surface area (Å²) in [6, 6.07) is 17.0. The number of nitrogens with one attached hydrogen (secondary N) is 1. The van der Waals surface area contributed by atoms with E-state index in [0.717, 1.165) is 64.8 Å². The second-order valence-electron chi connectivity index (χ2n) is 8.98. The van der Waals surface area contributed by atoms with Crippen molar-refractivity contribution in [1.82, 2.24) is 9.62 Å². The highest BCUT2D eigenvalue weighted by molar-refractivity contribution is 9.10. The Bertz CT molecular complexity index is 1330. The molecular weight excluding hydrogens is 578 g/mol. The Balaban J connectivity index is 1.25. The Kier molecular flexibility index (Phi) is 8.79. The van der Waals surface area contributed by atoms with Crippen LogP contribution >= 0.6 is 27.5 Å². The van der Waals surface area contributed by atoms with Crippen LogP contribution in [0.15, 0.2) is 70.0 Å². The number of anilines is 1. The van der Waals surface area contributed by atoms with E-state index in [1.54, 1.807) is 24.3 Å². The number of carbonyl (C=O) groups is 1. The van der Waals surface area contributed by atoms with Crippen LogP contribution in [0.4, 0.5) is 5.69 Å². The largest absolute Gasteiger partial charge is 0.492 e. The third-order valence-electron chi connectivity index (χ3n) is 6.30. The molecule has 10 heteroatoms. The van der Waals surface area contributed by atoms with E-state index in [1.807, 2.05) is 38.1 Å². The summed E-state index contributed by atoms with van der Waals surface area (Å²) in [7, 11) is -3.95. The van der Waals surface area contributed by atoms with Crippen LogP contribution in [0.1, 0.15) is 21.5 Å². The fourth-order valence-corrected chi connectivity index (χ4v) is 5.54. The lowest BCUT2D eigenvalue weighted by Crippen LogP contribution is -2.47. The number of rotatable bonds is 8. The van der Waals surface area contributed by atoms with Crippen molar-refractivity contribution in [3.8, 4) is 5.75 Å². The number of hydrogen-bond acceptors (Lipinski definition) is 6. The van der Waals surface area contributed by atoms with Gasteiger partial charge in [-0.25, -0.2) is 13.1 Å². The molecule has 1 fully saturated rings. The summed E-state index contributed by atoms with van der Waals surface area (Å²) < 4.78 is 33.8. The molecule has 0 saturated carbocycles. The first kappa shape index (κ1) is 27.4. The van der Waals surface area contributed by atoms with E-state index >= 15 is 0 Å². The second-order valence-corrected chi connectivity index (χ2v) is 12.0. The summed E-state index contributed by atoms with van der Waals surface area (Å²) in [5.74, 6) is 0.178. The van der Waals surface area contributed by atoms with Crippen LogP contribution in [-0.2, 0) is 10.0 Å². The topological polar surface area (TPSA) is 79.0 Å². The second kappa shape index (κ2) is 11.9. The van der Waals surface area contributed by atoms with E-state index in [4.69, 9.17) is 16.3 Å². The number of aryl methyl sites for hydroxylation is 2. The van der Waals surface area contributed by atoms with Crippen molar-refractivity contribution in [2.75, 3.05) is 44.2 Å². The molecule has 0 atom stereocenters. The first-order valence-electron chi connectivity index (χ1n) is 11.9. The molecule has 0 spiro atoms. The number of piperazine rings is 1. The summed E-state index contributed by atoms with van der Waals surface area (Å²) in [6.45, 7) is 8.89.